The summed E-state index contributed by atoms with van der Waals surface area (Å²) >= 11 is 0. The topological polar surface area (TPSA) is 70.0 Å². The molecule has 0 aromatic heterocycles. The Kier molecular flexibility index (Phi) is 17.5. The molecule has 0 aliphatic rings. The summed E-state index contributed by atoms with van der Waals surface area (Å²) in [5, 5.41) is 16.7. The number of aliphatic hydroxyl groups is 2. The third kappa shape index (κ3) is 15.5. The van der Waals surface area contributed by atoms with Gasteiger partial charge in [-0.05, 0) is 26.3 Å². The fourth-order valence-corrected chi connectivity index (χ4v) is 1.67. The fourth-order valence-electron chi connectivity index (χ4n) is 1.67. The molecule has 132 valence electrons. The first-order valence-electron chi connectivity index (χ1n) is 8.15. The van der Waals surface area contributed by atoms with E-state index in [0.29, 0.717) is 31.2 Å². The lowest BCUT2D eigenvalue weighted by Gasteiger charge is -2.14. The van der Waals surface area contributed by atoms with Gasteiger partial charge in [-0.3, -0.25) is 0 Å². The van der Waals surface area contributed by atoms with Gasteiger partial charge in [-0.1, -0.05) is 39.7 Å². The van der Waals surface area contributed by atoms with Gasteiger partial charge >= 0.3 is 5.97 Å². The first-order valence-corrected chi connectivity index (χ1v) is 8.15. The van der Waals surface area contributed by atoms with Crippen molar-refractivity contribution in [1.29, 1.82) is 0 Å². The van der Waals surface area contributed by atoms with E-state index < -0.39 is 0 Å². The van der Waals surface area contributed by atoms with Crippen molar-refractivity contribution in [3.05, 3.63) is 12.2 Å². The van der Waals surface area contributed by atoms with Crippen LogP contribution in [0.5, 0.6) is 0 Å². The number of carbonyl (C=O) groups is 1. The average Bonchev–Trinajstić information content (AvgIpc) is 2.48. The minimum absolute atomic E-state index is 0.163. The van der Waals surface area contributed by atoms with E-state index in [1.54, 1.807) is 6.92 Å². The van der Waals surface area contributed by atoms with E-state index in [1.807, 2.05) is 11.9 Å². The molecular formula is C17H35NO4. The van der Waals surface area contributed by atoms with Crippen molar-refractivity contribution >= 4 is 5.97 Å². The Morgan fingerprint density at radius 3 is 2.14 bits per heavy atom. The quantitative estimate of drug-likeness (QED) is 0.452. The number of hydrogen-bond donors (Lipinski definition) is 2. The normalized spacial score (nSPS) is 11.6. The molecule has 22 heavy (non-hydrogen) atoms. The predicted molar refractivity (Wildman–Crippen MR) is 90.7 cm³/mol. The van der Waals surface area contributed by atoms with Crippen molar-refractivity contribution in [2.75, 3.05) is 40.0 Å². The molecule has 0 aromatic rings. The second kappa shape index (κ2) is 16.5. The Bertz CT molecular complexity index is 276. The molecule has 0 aliphatic heterocycles. The lowest BCUT2D eigenvalue weighted by atomic mass is 10.0. The summed E-state index contributed by atoms with van der Waals surface area (Å²) in [6, 6.07) is 0. The Balaban J connectivity index is 0. The van der Waals surface area contributed by atoms with Gasteiger partial charge in [0, 0.05) is 18.7 Å². The molecule has 5 nitrogen and oxygen atoms in total. The summed E-state index contributed by atoms with van der Waals surface area (Å²) < 4.78 is 5.12. The van der Waals surface area contributed by atoms with Crippen molar-refractivity contribution in [2.24, 2.45) is 5.92 Å². The number of likely N-dealkylation sites (N-methyl/N-ethyl adjacent to an activating group) is 1. The Hall–Kier alpha value is -0.910. The zero-order valence-electron chi connectivity index (χ0n) is 14.8. The van der Waals surface area contributed by atoms with Gasteiger partial charge in [-0.2, -0.15) is 0 Å². The van der Waals surface area contributed by atoms with Gasteiger partial charge in [-0.25, -0.2) is 4.79 Å². The molecule has 1 atom stereocenters. The first-order chi connectivity index (χ1) is 10.4. The molecule has 0 amide bonds. The van der Waals surface area contributed by atoms with Crippen LogP contribution < -0.4 is 0 Å². The number of esters is 1. The van der Waals surface area contributed by atoms with Gasteiger partial charge in [0.2, 0.25) is 0 Å². The smallest absolute Gasteiger partial charge is 0.333 e. The molecule has 0 saturated carbocycles. The Morgan fingerprint density at radius 1 is 1.23 bits per heavy atom. The number of unbranched alkanes of at least 4 members (excludes halogenated alkanes) is 1. The van der Waals surface area contributed by atoms with Crippen LogP contribution in [-0.2, 0) is 9.53 Å². The monoisotopic (exact) mass is 317 g/mol. The van der Waals surface area contributed by atoms with Crippen LogP contribution in [0.25, 0.3) is 0 Å². The number of hydrogen-bond acceptors (Lipinski definition) is 5. The molecule has 0 spiro atoms. The van der Waals surface area contributed by atoms with E-state index in [0.717, 1.165) is 12.8 Å². The molecule has 1 unspecified atom stereocenters. The van der Waals surface area contributed by atoms with Crippen molar-refractivity contribution in [3.8, 4) is 0 Å². The Morgan fingerprint density at radius 2 is 1.77 bits per heavy atom. The fraction of sp³-hybridized carbons (Fsp3) is 0.824. The molecular weight excluding hydrogens is 282 g/mol. The molecule has 0 radical (unpaired) electrons. The molecule has 2 N–H and O–H groups in total. The minimum atomic E-state index is -0.264. The van der Waals surface area contributed by atoms with Crippen LogP contribution in [0.2, 0.25) is 0 Å². The molecule has 0 heterocycles. The molecule has 0 rings (SSSR count). The highest BCUT2D eigenvalue weighted by Gasteiger charge is 2.09. The number of carbonyl (C=O) groups excluding carboxylic acids is 1. The molecule has 0 aromatic carbocycles. The summed E-state index contributed by atoms with van der Waals surface area (Å²) in [6.07, 6.45) is 4.63. The van der Waals surface area contributed by atoms with Crippen LogP contribution >= 0.6 is 0 Å². The lowest BCUT2D eigenvalue weighted by molar-refractivity contribution is -0.140. The molecule has 0 aliphatic carbocycles. The Labute approximate surface area is 136 Å². The van der Waals surface area contributed by atoms with E-state index in [9.17, 15) is 4.79 Å². The van der Waals surface area contributed by atoms with Crippen LogP contribution in [0.3, 0.4) is 0 Å². The van der Waals surface area contributed by atoms with Crippen molar-refractivity contribution in [3.63, 3.8) is 0 Å². The van der Waals surface area contributed by atoms with E-state index in [1.165, 1.54) is 12.8 Å². The number of rotatable bonds is 11. The maximum Gasteiger partial charge on any atom is 0.333 e. The maximum absolute atomic E-state index is 11.1. The standard InChI is InChI=1S/C12H22O2.C5H13NO2/c1-5-7-8-11(6-2)9-14-12(13)10(3)4;1-6(2-4-7)3-5-8/h11H,3,5-9H2,1-2,4H3;7-8H,2-5H2,1H3. The molecule has 5 heteroatoms. The second-order valence-corrected chi connectivity index (χ2v) is 5.55. The van der Waals surface area contributed by atoms with Gasteiger partial charge in [0.1, 0.15) is 0 Å². The van der Waals surface area contributed by atoms with E-state index in [-0.39, 0.29) is 19.2 Å². The highest BCUT2D eigenvalue weighted by molar-refractivity contribution is 5.86. The molecule has 0 saturated heterocycles. The van der Waals surface area contributed by atoms with Gasteiger partial charge < -0.3 is 19.8 Å². The van der Waals surface area contributed by atoms with E-state index in [4.69, 9.17) is 14.9 Å². The third-order valence-electron chi connectivity index (χ3n) is 3.31. The van der Waals surface area contributed by atoms with Gasteiger partial charge in [0.25, 0.3) is 0 Å². The van der Waals surface area contributed by atoms with E-state index >= 15 is 0 Å². The van der Waals surface area contributed by atoms with Gasteiger partial charge in [0.15, 0.2) is 0 Å². The van der Waals surface area contributed by atoms with Crippen LogP contribution in [0.15, 0.2) is 12.2 Å². The summed E-state index contributed by atoms with van der Waals surface area (Å²) in [6.45, 7) is 11.7. The molecule has 0 bridgehead atoms. The number of nitrogens with zero attached hydrogens (tertiary/aromatic N) is 1. The van der Waals surface area contributed by atoms with Crippen LogP contribution in [0, 0.1) is 5.92 Å². The molecule has 0 fully saturated rings. The largest absolute Gasteiger partial charge is 0.462 e. The zero-order chi connectivity index (χ0) is 17.4. The highest BCUT2D eigenvalue weighted by atomic mass is 16.5. The highest BCUT2D eigenvalue weighted by Crippen LogP contribution is 2.13. The SMILES string of the molecule is C=C(C)C(=O)OCC(CC)CCCC.CN(CCO)CCO. The zero-order valence-corrected chi connectivity index (χ0v) is 14.8. The third-order valence-corrected chi connectivity index (χ3v) is 3.31. The summed E-state index contributed by atoms with van der Waals surface area (Å²) in [5.41, 5.74) is 0.482. The van der Waals surface area contributed by atoms with Crippen LogP contribution in [0.1, 0.15) is 46.5 Å². The van der Waals surface area contributed by atoms with Crippen molar-refractivity contribution < 1.29 is 19.7 Å². The lowest BCUT2D eigenvalue weighted by Crippen LogP contribution is -2.25. The van der Waals surface area contributed by atoms with Crippen LogP contribution in [0.4, 0.5) is 0 Å². The average molecular weight is 317 g/mol. The van der Waals surface area contributed by atoms with Crippen LogP contribution in [-0.4, -0.2) is 61.0 Å². The maximum atomic E-state index is 11.1. The van der Waals surface area contributed by atoms with Crippen molar-refractivity contribution in [1.82, 2.24) is 4.90 Å². The first kappa shape index (κ1) is 23.4. The summed E-state index contributed by atoms with van der Waals surface area (Å²) in [7, 11) is 1.85. The van der Waals surface area contributed by atoms with Crippen molar-refractivity contribution in [2.45, 2.75) is 46.5 Å². The minimum Gasteiger partial charge on any atom is -0.462 e. The number of aliphatic hydroxyl groups excluding tert-OH is 2. The second-order valence-electron chi connectivity index (χ2n) is 5.55. The summed E-state index contributed by atoms with van der Waals surface area (Å²) in [5.74, 6) is 0.248. The predicted octanol–water partition coefficient (Wildman–Crippen LogP) is 2.22. The number of ether oxygens (including phenoxy) is 1. The van der Waals surface area contributed by atoms with Gasteiger partial charge in [-0.15, -0.1) is 0 Å². The van der Waals surface area contributed by atoms with E-state index in [2.05, 4.69) is 20.4 Å². The van der Waals surface area contributed by atoms with Gasteiger partial charge in [0.05, 0.1) is 19.8 Å². The summed E-state index contributed by atoms with van der Waals surface area (Å²) in [4.78, 5) is 13.0.